The van der Waals surface area contributed by atoms with Crippen molar-refractivity contribution in [3.63, 3.8) is 0 Å². The van der Waals surface area contributed by atoms with Crippen molar-refractivity contribution in [2.24, 2.45) is 5.41 Å². The summed E-state index contributed by atoms with van der Waals surface area (Å²) in [5.41, 5.74) is 1.49. The first-order chi connectivity index (χ1) is 7.27. The van der Waals surface area contributed by atoms with Crippen molar-refractivity contribution in [1.29, 1.82) is 0 Å². The van der Waals surface area contributed by atoms with Gasteiger partial charge in [-0.1, -0.05) is 18.0 Å². The molecule has 1 aromatic rings. The summed E-state index contributed by atoms with van der Waals surface area (Å²) in [6, 6.07) is 1.94. The number of fused-ring (bicyclic) bond motifs is 1. The molecule has 0 radical (unpaired) electrons. The number of nitrogens with one attached hydrogen (secondary N) is 2. The molecule has 3 nitrogen and oxygen atoms in total. The SMILES string of the molecule is Clc1cnc2c(c1)NCC1(CCC1)CN2. The normalized spacial score (nSPS) is 21.9. The third kappa shape index (κ3) is 1.55. The van der Waals surface area contributed by atoms with Crippen molar-refractivity contribution in [3.8, 4) is 0 Å². The third-order valence-corrected chi connectivity index (χ3v) is 3.76. The van der Waals surface area contributed by atoms with Crippen LogP contribution in [0, 0.1) is 5.41 Å². The van der Waals surface area contributed by atoms with Gasteiger partial charge in [0.25, 0.3) is 0 Å². The quantitative estimate of drug-likeness (QED) is 0.710. The first kappa shape index (κ1) is 9.28. The molecule has 15 heavy (non-hydrogen) atoms. The third-order valence-electron chi connectivity index (χ3n) is 3.55. The highest BCUT2D eigenvalue weighted by atomic mass is 35.5. The predicted octanol–water partition coefficient (Wildman–Crippen LogP) is 2.74. The molecule has 0 atom stereocenters. The van der Waals surface area contributed by atoms with E-state index in [2.05, 4.69) is 15.6 Å². The highest BCUT2D eigenvalue weighted by Crippen LogP contribution is 2.43. The lowest BCUT2D eigenvalue weighted by molar-refractivity contribution is 0.171. The molecule has 1 aliphatic heterocycles. The summed E-state index contributed by atoms with van der Waals surface area (Å²) in [6.07, 6.45) is 5.67. The molecule has 2 heterocycles. The van der Waals surface area contributed by atoms with Gasteiger partial charge in [0.05, 0.1) is 10.7 Å². The van der Waals surface area contributed by atoms with Gasteiger partial charge in [-0.15, -0.1) is 0 Å². The summed E-state index contributed by atoms with van der Waals surface area (Å²) in [5.74, 6) is 0.933. The van der Waals surface area contributed by atoms with Crippen molar-refractivity contribution >= 4 is 23.1 Å². The summed E-state index contributed by atoms with van der Waals surface area (Å²) < 4.78 is 0. The van der Waals surface area contributed by atoms with Crippen LogP contribution in [0.5, 0.6) is 0 Å². The minimum absolute atomic E-state index is 0.452. The number of nitrogens with zero attached hydrogens (tertiary/aromatic N) is 1. The second-order valence-corrected chi connectivity index (χ2v) is 5.05. The van der Waals surface area contributed by atoms with Crippen LogP contribution in [0.2, 0.25) is 5.02 Å². The molecule has 1 aliphatic carbocycles. The molecule has 80 valence electrons. The second kappa shape index (κ2) is 3.27. The van der Waals surface area contributed by atoms with Crippen LogP contribution in [0.4, 0.5) is 11.5 Å². The Kier molecular flexibility index (Phi) is 2.02. The summed E-state index contributed by atoms with van der Waals surface area (Å²) in [5, 5.41) is 7.55. The monoisotopic (exact) mass is 223 g/mol. The van der Waals surface area contributed by atoms with Crippen molar-refractivity contribution < 1.29 is 0 Å². The van der Waals surface area contributed by atoms with E-state index in [1.165, 1.54) is 19.3 Å². The van der Waals surface area contributed by atoms with Gasteiger partial charge >= 0.3 is 0 Å². The molecule has 4 heteroatoms. The molecule has 2 aliphatic rings. The largest absolute Gasteiger partial charge is 0.381 e. The first-order valence-corrected chi connectivity index (χ1v) is 5.79. The van der Waals surface area contributed by atoms with Crippen LogP contribution in [0.25, 0.3) is 0 Å². The van der Waals surface area contributed by atoms with Gasteiger partial charge in [0, 0.05) is 24.7 Å². The Balaban J connectivity index is 1.88. The zero-order valence-corrected chi connectivity index (χ0v) is 9.27. The molecule has 3 rings (SSSR count). The number of halogens is 1. The van der Waals surface area contributed by atoms with Crippen LogP contribution in [-0.4, -0.2) is 18.1 Å². The van der Waals surface area contributed by atoms with Gasteiger partial charge in [0.15, 0.2) is 0 Å². The first-order valence-electron chi connectivity index (χ1n) is 5.41. The number of hydrogen-bond donors (Lipinski definition) is 2. The number of hydrogen-bond acceptors (Lipinski definition) is 3. The lowest BCUT2D eigenvalue weighted by atomic mass is 9.69. The smallest absolute Gasteiger partial charge is 0.149 e. The van der Waals surface area contributed by atoms with E-state index < -0.39 is 0 Å². The number of pyridine rings is 1. The van der Waals surface area contributed by atoms with Gasteiger partial charge < -0.3 is 10.6 Å². The Morgan fingerprint density at radius 1 is 1.27 bits per heavy atom. The highest BCUT2D eigenvalue weighted by molar-refractivity contribution is 6.30. The minimum Gasteiger partial charge on any atom is -0.381 e. The van der Waals surface area contributed by atoms with Gasteiger partial charge in [-0.05, 0) is 18.9 Å². The van der Waals surface area contributed by atoms with E-state index in [1.54, 1.807) is 6.20 Å². The van der Waals surface area contributed by atoms with E-state index in [-0.39, 0.29) is 0 Å². The average Bonchev–Trinajstić information content (AvgIpc) is 2.36. The molecular weight excluding hydrogens is 210 g/mol. The van der Waals surface area contributed by atoms with Gasteiger partial charge in [0.1, 0.15) is 5.82 Å². The topological polar surface area (TPSA) is 37.0 Å². The fourth-order valence-electron chi connectivity index (χ4n) is 2.36. The molecule has 1 saturated carbocycles. The second-order valence-electron chi connectivity index (χ2n) is 4.61. The van der Waals surface area contributed by atoms with Crippen LogP contribution < -0.4 is 10.6 Å². The maximum atomic E-state index is 5.92. The molecule has 1 aromatic heterocycles. The van der Waals surface area contributed by atoms with E-state index >= 15 is 0 Å². The van der Waals surface area contributed by atoms with E-state index in [0.717, 1.165) is 24.6 Å². The van der Waals surface area contributed by atoms with E-state index in [0.29, 0.717) is 10.4 Å². The van der Waals surface area contributed by atoms with Gasteiger partial charge in [-0.3, -0.25) is 0 Å². The van der Waals surface area contributed by atoms with Crippen LogP contribution in [0.1, 0.15) is 19.3 Å². The average molecular weight is 224 g/mol. The molecule has 0 amide bonds. The molecule has 0 saturated heterocycles. The van der Waals surface area contributed by atoms with Crippen LogP contribution in [0.15, 0.2) is 12.3 Å². The fraction of sp³-hybridized carbons (Fsp3) is 0.545. The molecule has 0 unspecified atom stereocenters. The maximum Gasteiger partial charge on any atom is 0.149 e. The summed E-state index contributed by atoms with van der Waals surface area (Å²) in [4.78, 5) is 4.30. The number of rotatable bonds is 0. The van der Waals surface area contributed by atoms with E-state index in [4.69, 9.17) is 11.6 Å². The summed E-state index contributed by atoms with van der Waals surface area (Å²) in [7, 11) is 0. The highest BCUT2D eigenvalue weighted by Gasteiger charge is 2.38. The molecule has 0 bridgehead atoms. The lowest BCUT2D eigenvalue weighted by Gasteiger charge is -2.40. The molecule has 1 spiro atoms. The standard InChI is InChI=1S/C11H14ClN3/c12-8-4-9-10(13-5-8)15-7-11(6-14-9)2-1-3-11/h4-5,14H,1-3,6-7H2,(H,13,15). The fourth-order valence-corrected chi connectivity index (χ4v) is 2.52. The van der Waals surface area contributed by atoms with Gasteiger partial charge in [0.2, 0.25) is 0 Å². The molecule has 0 aromatic carbocycles. The Bertz CT molecular complexity index is 387. The van der Waals surface area contributed by atoms with Crippen molar-refractivity contribution in [2.45, 2.75) is 19.3 Å². The van der Waals surface area contributed by atoms with Crippen LogP contribution in [0.3, 0.4) is 0 Å². The van der Waals surface area contributed by atoms with E-state index in [1.807, 2.05) is 6.07 Å². The van der Waals surface area contributed by atoms with Crippen molar-refractivity contribution in [1.82, 2.24) is 4.98 Å². The Hall–Kier alpha value is -0.960. The van der Waals surface area contributed by atoms with E-state index in [9.17, 15) is 0 Å². The molecular formula is C11H14ClN3. The summed E-state index contributed by atoms with van der Waals surface area (Å²) in [6.45, 7) is 2.07. The predicted molar refractivity (Wildman–Crippen MR) is 62.5 cm³/mol. The number of aromatic nitrogens is 1. The minimum atomic E-state index is 0.452. The van der Waals surface area contributed by atoms with Crippen LogP contribution >= 0.6 is 11.6 Å². The summed E-state index contributed by atoms with van der Waals surface area (Å²) >= 11 is 5.92. The zero-order valence-electron chi connectivity index (χ0n) is 8.52. The van der Waals surface area contributed by atoms with Crippen molar-refractivity contribution in [3.05, 3.63) is 17.3 Å². The Labute approximate surface area is 94.2 Å². The molecule has 2 N–H and O–H groups in total. The molecule has 1 fully saturated rings. The Morgan fingerprint density at radius 3 is 2.80 bits per heavy atom. The van der Waals surface area contributed by atoms with Gasteiger partial charge in [-0.2, -0.15) is 0 Å². The van der Waals surface area contributed by atoms with Crippen molar-refractivity contribution in [2.75, 3.05) is 23.7 Å². The Morgan fingerprint density at radius 2 is 2.07 bits per heavy atom. The van der Waals surface area contributed by atoms with Gasteiger partial charge in [-0.25, -0.2) is 4.98 Å². The van der Waals surface area contributed by atoms with Crippen LogP contribution in [-0.2, 0) is 0 Å². The zero-order chi connectivity index (χ0) is 10.3. The number of anilines is 2. The lowest BCUT2D eigenvalue weighted by Crippen LogP contribution is -2.40. The maximum absolute atomic E-state index is 5.92.